The zero-order chi connectivity index (χ0) is 16.6. The molecule has 0 spiro atoms. The third-order valence-electron chi connectivity index (χ3n) is 4.43. The Morgan fingerprint density at radius 3 is 2.39 bits per heavy atom. The van der Waals surface area contributed by atoms with Crippen molar-refractivity contribution in [3.8, 4) is 0 Å². The Morgan fingerprint density at radius 1 is 1.09 bits per heavy atom. The molecular weight excluding hydrogens is 288 g/mol. The van der Waals surface area contributed by atoms with Crippen LogP contribution in [0.2, 0.25) is 0 Å². The smallest absolute Gasteiger partial charge is 0.255 e. The predicted octanol–water partition coefficient (Wildman–Crippen LogP) is 3.29. The van der Waals surface area contributed by atoms with Crippen LogP contribution in [0.25, 0.3) is 0 Å². The summed E-state index contributed by atoms with van der Waals surface area (Å²) in [5, 5.41) is 2.97. The molecule has 2 aromatic rings. The SMILES string of the molecule is Cc1cccc(C)c1NC(=O)[C@@H](C)N1Cc2ccccc2C1=O. The first-order chi connectivity index (χ1) is 11.0. The number of fused-ring (bicyclic) bond motifs is 1. The number of para-hydroxylation sites is 1. The Bertz CT molecular complexity index is 762. The van der Waals surface area contributed by atoms with Gasteiger partial charge >= 0.3 is 0 Å². The van der Waals surface area contributed by atoms with E-state index in [9.17, 15) is 9.59 Å². The van der Waals surface area contributed by atoms with Crippen LogP contribution in [-0.4, -0.2) is 22.8 Å². The van der Waals surface area contributed by atoms with Crippen molar-refractivity contribution in [1.29, 1.82) is 0 Å². The standard InChI is InChI=1S/C19H20N2O2/c1-12-7-6-8-13(2)17(12)20-18(22)14(3)21-11-15-9-4-5-10-16(15)19(21)23/h4-10,14H,11H2,1-3H3,(H,20,22)/t14-/m1/s1. The van der Waals surface area contributed by atoms with Gasteiger partial charge in [0, 0.05) is 17.8 Å². The van der Waals surface area contributed by atoms with E-state index >= 15 is 0 Å². The first kappa shape index (κ1) is 15.3. The summed E-state index contributed by atoms with van der Waals surface area (Å²) in [6.07, 6.45) is 0. The quantitative estimate of drug-likeness (QED) is 0.946. The Morgan fingerprint density at radius 2 is 1.74 bits per heavy atom. The van der Waals surface area contributed by atoms with Gasteiger partial charge in [-0.3, -0.25) is 9.59 Å². The van der Waals surface area contributed by atoms with E-state index in [-0.39, 0.29) is 11.8 Å². The number of nitrogens with one attached hydrogen (secondary N) is 1. The third kappa shape index (κ3) is 2.72. The lowest BCUT2D eigenvalue weighted by molar-refractivity contribution is -0.120. The molecule has 3 rings (SSSR count). The number of hydrogen-bond donors (Lipinski definition) is 1. The molecule has 118 valence electrons. The lowest BCUT2D eigenvalue weighted by Gasteiger charge is -2.24. The van der Waals surface area contributed by atoms with Crippen molar-refractivity contribution in [2.75, 3.05) is 5.32 Å². The van der Waals surface area contributed by atoms with E-state index in [0.29, 0.717) is 12.1 Å². The minimum absolute atomic E-state index is 0.0789. The Hall–Kier alpha value is -2.62. The number of carbonyl (C=O) groups excluding carboxylic acids is 2. The first-order valence-corrected chi connectivity index (χ1v) is 7.75. The summed E-state index contributed by atoms with van der Waals surface area (Å²) in [7, 11) is 0. The molecule has 0 saturated carbocycles. The summed E-state index contributed by atoms with van der Waals surface area (Å²) in [5.74, 6) is -0.242. The molecule has 1 N–H and O–H groups in total. The van der Waals surface area contributed by atoms with Crippen LogP contribution in [0.5, 0.6) is 0 Å². The number of aryl methyl sites for hydroxylation is 2. The molecule has 1 aliphatic heterocycles. The van der Waals surface area contributed by atoms with Crippen LogP contribution >= 0.6 is 0 Å². The molecule has 1 heterocycles. The van der Waals surface area contributed by atoms with Gasteiger partial charge in [0.25, 0.3) is 5.91 Å². The molecule has 0 unspecified atom stereocenters. The molecule has 1 atom stereocenters. The highest BCUT2D eigenvalue weighted by molar-refractivity contribution is 6.03. The maximum absolute atomic E-state index is 12.6. The van der Waals surface area contributed by atoms with Crippen LogP contribution in [-0.2, 0) is 11.3 Å². The molecule has 0 fully saturated rings. The fourth-order valence-electron chi connectivity index (χ4n) is 2.97. The summed E-state index contributed by atoms with van der Waals surface area (Å²) < 4.78 is 0. The second-order valence-corrected chi connectivity index (χ2v) is 6.02. The number of rotatable bonds is 3. The molecule has 4 heteroatoms. The van der Waals surface area contributed by atoms with Gasteiger partial charge in [0.1, 0.15) is 6.04 Å². The maximum Gasteiger partial charge on any atom is 0.255 e. The fraction of sp³-hybridized carbons (Fsp3) is 0.263. The van der Waals surface area contributed by atoms with Crippen LogP contribution in [0.3, 0.4) is 0 Å². The summed E-state index contributed by atoms with van der Waals surface area (Å²) in [6.45, 7) is 6.18. The lowest BCUT2D eigenvalue weighted by atomic mass is 10.1. The summed E-state index contributed by atoms with van der Waals surface area (Å²) in [4.78, 5) is 26.7. The van der Waals surface area contributed by atoms with E-state index in [1.807, 2.05) is 56.3 Å². The van der Waals surface area contributed by atoms with Crippen LogP contribution in [0, 0.1) is 13.8 Å². The zero-order valence-corrected chi connectivity index (χ0v) is 13.6. The van der Waals surface area contributed by atoms with Crippen molar-refractivity contribution in [3.63, 3.8) is 0 Å². The number of carbonyl (C=O) groups is 2. The highest BCUT2D eigenvalue weighted by Crippen LogP contribution is 2.25. The molecule has 0 saturated heterocycles. The molecule has 2 amide bonds. The topological polar surface area (TPSA) is 49.4 Å². The van der Waals surface area contributed by atoms with Crippen LogP contribution in [0.1, 0.15) is 34.0 Å². The van der Waals surface area contributed by atoms with E-state index in [4.69, 9.17) is 0 Å². The second kappa shape index (κ2) is 5.88. The molecule has 0 aliphatic carbocycles. The highest BCUT2D eigenvalue weighted by Gasteiger charge is 2.33. The molecule has 23 heavy (non-hydrogen) atoms. The van der Waals surface area contributed by atoms with Crippen molar-refractivity contribution in [2.24, 2.45) is 0 Å². The van der Waals surface area contributed by atoms with E-state index in [0.717, 1.165) is 22.4 Å². The van der Waals surface area contributed by atoms with Gasteiger partial charge in [0.15, 0.2) is 0 Å². The van der Waals surface area contributed by atoms with E-state index < -0.39 is 6.04 Å². The third-order valence-corrected chi connectivity index (χ3v) is 4.43. The normalized spacial score (nSPS) is 14.6. The summed E-state index contributed by atoms with van der Waals surface area (Å²) in [5.41, 5.74) is 4.53. The van der Waals surface area contributed by atoms with Crippen molar-refractivity contribution < 1.29 is 9.59 Å². The van der Waals surface area contributed by atoms with E-state index in [2.05, 4.69) is 5.32 Å². The van der Waals surface area contributed by atoms with Crippen LogP contribution < -0.4 is 5.32 Å². The second-order valence-electron chi connectivity index (χ2n) is 6.02. The summed E-state index contributed by atoms with van der Waals surface area (Å²) in [6, 6.07) is 12.9. The van der Waals surface area contributed by atoms with E-state index in [1.54, 1.807) is 11.8 Å². The number of hydrogen-bond acceptors (Lipinski definition) is 2. The number of nitrogens with zero attached hydrogens (tertiary/aromatic N) is 1. The first-order valence-electron chi connectivity index (χ1n) is 7.75. The van der Waals surface area contributed by atoms with Gasteiger partial charge in [-0.15, -0.1) is 0 Å². The van der Waals surface area contributed by atoms with Gasteiger partial charge in [-0.1, -0.05) is 36.4 Å². The van der Waals surface area contributed by atoms with Gasteiger partial charge in [-0.05, 0) is 43.5 Å². The molecule has 4 nitrogen and oxygen atoms in total. The van der Waals surface area contributed by atoms with Crippen molar-refractivity contribution >= 4 is 17.5 Å². The van der Waals surface area contributed by atoms with Crippen molar-refractivity contribution in [1.82, 2.24) is 4.90 Å². The molecular formula is C19H20N2O2. The van der Waals surface area contributed by atoms with Gasteiger partial charge in [-0.2, -0.15) is 0 Å². The number of anilines is 1. The Kier molecular flexibility index (Phi) is 3.90. The zero-order valence-electron chi connectivity index (χ0n) is 13.6. The monoisotopic (exact) mass is 308 g/mol. The highest BCUT2D eigenvalue weighted by atomic mass is 16.2. The fourth-order valence-corrected chi connectivity index (χ4v) is 2.97. The van der Waals surface area contributed by atoms with Gasteiger partial charge in [0.2, 0.25) is 5.91 Å². The molecule has 0 aromatic heterocycles. The van der Waals surface area contributed by atoms with Crippen molar-refractivity contribution in [2.45, 2.75) is 33.4 Å². The van der Waals surface area contributed by atoms with Crippen LogP contribution in [0.4, 0.5) is 5.69 Å². The number of benzene rings is 2. The minimum Gasteiger partial charge on any atom is -0.324 e. The molecule has 2 aromatic carbocycles. The maximum atomic E-state index is 12.6. The van der Waals surface area contributed by atoms with Crippen molar-refractivity contribution in [3.05, 3.63) is 64.7 Å². The van der Waals surface area contributed by atoms with Gasteiger partial charge in [0.05, 0.1) is 0 Å². The Labute approximate surface area is 136 Å². The average molecular weight is 308 g/mol. The Balaban J connectivity index is 1.78. The predicted molar refractivity (Wildman–Crippen MR) is 90.3 cm³/mol. The summed E-state index contributed by atoms with van der Waals surface area (Å²) >= 11 is 0. The average Bonchev–Trinajstić information content (AvgIpc) is 2.87. The molecule has 0 radical (unpaired) electrons. The van der Waals surface area contributed by atoms with Gasteiger partial charge < -0.3 is 10.2 Å². The van der Waals surface area contributed by atoms with Gasteiger partial charge in [-0.25, -0.2) is 0 Å². The molecule has 0 bridgehead atoms. The molecule has 1 aliphatic rings. The van der Waals surface area contributed by atoms with Crippen LogP contribution in [0.15, 0.2) is 42.5 Å². The number of amides is 2. The lowest BCUT2D eigenvalue weighted by Crippen LogP contribution is -2.42. The largest absolute Gasteiger partial charge is 0.324 e. The van der Waals surface area contributed by atoms with E-state index in [1.165, 1.54) is 0 Å². The minimum atomic E-state index is -0.520.